The fraction of sp³-hybridized carbons (Fsp3) is 0.676. The zero-order chi connectivity index (χ0) is 31.7. The van der Waals surface area contributed by atoms with Crippen LogP contribution in [0, 0.1) is 0 Å². The minimum Gasteiger partial charge on any atom is -0.0619 e. The second-order valence-corrected chi connectivity index (χ2v) is 26.0. The Morgan fingerprint density at radius 2 is 0.650 bits per heavy atom. The highest BCUT2D eigenvalue weighted by molar-refractivity contribution is 8.00. The highest BCUT2D eigenvalue weighted by Crippen LogP contribution is 2.40. The highest BCUT2D eigenvalue weighted by atomic mass is 32.2. The van der Waals surface area contributed by atoms with Crippen LogP contribution in [0.5, 0.6) is 0 Å². The van der Waals surface area contributed by atoms with Gasteiger partial charge >= 0.3 is 0 Å². The van der Waals surface area contributed by atoms with E-state index in [0.717, 1.165) is 15.7 Å². The predicted molar refractivity (Wildman–Crippen MR) is 196 cm³/mol. The zero-order valence-electron chi connectivity index (χ0n) is 29.7. The van der Waals surface area contributed by atoms with E-state index in [9.17, 15) is 0 Å². The van der Waals surface area contributed by atoms with Crippen molar-refractivity contribution in [1.29, 1.82) is 0 Å². The van der Waals surface area contributed by atoms with Gasteiger partial charge in [-0.3, -0.25) is 0 Å². The molecule has 40 heavy (non-hydrogen) atoms. The van der Waals surface area contributed by atoms with Crippen molar-refractivity contribution in [2.75, 3.05) is 0 Å². The smallest absolute Gasteiger partial charge is 0.0619 e. The molecule has 3 heteroatoms. The van der Waals surface area contributed by atoms with Gasteiger partial charge in [0.2, 0.25) is 0 Å². The molecule has 0 atom stereocenters. The van der Waals surface area contributed by atoms with Gasteiger partial charge in [-0.1, -0.05) is 36.4 Å². The third-order valence-corrected chi connectivity index (χ3v) is 15.7. The van der Waals surface area contributed by atoms with E-state index in [-0.39, 0.29) is 15.6 Å². The lowest BCUT2D eigenvalue weighted by Crippen LogP contribution is -2.52. The second-order valence-electron chi connectivity index (χ2n) is 15.2. The van der Waals surface area contributed by atoms with Crippen molar-refractivity contribution < 1.29 is 0 Å². The van der Waals surface area contributed by atoms with Crippen molar-refractivity contribution in [3.05, 3.63) is 60.7 Å². The van der Waals surface area contributed by atoms with Crippen molar-refractivity contribution in [1.82, 2.24) is 0 Å². The summed E-state index contributed by atoms with van der Waals surface area (Å²) in [7, 11) is 1.18. The van der Waals surface area contributed by atoms with Gasteiger partial charge in [-0.15, -0.1) is 0 Å². The number of benzene rings is 2. The van der Waals surface area contributed by atoms with Crippen molar-refractivity contribution in [2.24, 2.45) is 0 Å². The molecule has 0 bridgehead atoms. The number of rotatable bonds is 5. The average molecular weight is 608 g/mol. The van der Waals surface area contributed by atoms with Gasteiger partial charge in [0.05, 0.1) is 10.9 Å². The molecule has 230 valence electrons. The van der Waals surface area contributed by atoms with E-state index >= 15 is 0 Å². The van der Waals surface area contributed by atoms with Crippen molar-refractivity contribution in [3.63, 3.8) is 0 Å². The molecule has 2 aromatic carbocycles. The first-order valence-corrected chi connectivity index (χ1v) is 19.1. The van der Waals surface area contributed by atoms with E-state index in [4.69, 9.17) is 0 Å². The van der Waals surface area contributed by atoms with Crippen LogP contribution in [0.15, 0.2) is 70.5 Å². The van der Waals surface area contributed by atoms with Crippen LogP contribution < -0.4 is 0 Å². The first kappa shape index (κ1) is 39.5. The fourth-order valence-corrected chi connectivity index (χ4v) is 17.7. The first-order valence-electron chi connectivity index (χ1n) is 15.2. The molecule has 0 saturated heterocycles. The Morgan fingerprint density at radius 3 is 0.775 bits per heavy atom. The summed E-state index contributed by atoms with van der Waals surface area (Å²) in [5.74, 6) is 0. The van der Waals surface area contributed by atoms with Crippen molar-refractivity contribution in [3.8, 4) is 0 Å². The molecule has 0 amide bonds. The Bertz CT molecular complexity index is 826. The quantitative estimate of drug-likeness (QED) is 0.297. The molecule has 2 aromatic rings. The van der Waals surface area contributed by atoms with Crippen LogP contribution >= 0.6 is 0 Å². The maximum atomic E-state index is 2.37. The molecular formula is C37H67S3+3. The van der Waals surface area contributed by atoms with Crippen LogP contribution in [0.4, 0.5) is 0 Å². The minimum atomic E-state index is 0.131. The van der Waals surface area contributed by atoms with Gasteiger partial charge in [0.15, 0.2) is 9.79 Å². The zero-order valence-corrected chi connectivity index (χ0v) is 32.2. The lowest BCUT2D eigenvalue weighted by atomic mass is 10.2. The lowest BCUT2D eigenvalue weighted by Gasteiger charge is -2.39. The van der Waals surface area contributed by atoms with E-state index in [0.29, 0.717) is 36.0 Å². The van der Waals surface area contributed by atoms with E-state index in [2.05, 4.69) is 185 Å². The summed E-state index contributed by atoms with van der Waals surface area (Å²) < 4.78 is 1.49. The molecule has 0 fully saturated rings. The Labute approximate surface area is 261 Å². The SMILES string of the molecule is CC(C)(C)[S+](C(C)(C)C)C(C)(C)C.CC(C)(C)[S+](c1ccccc1)c1ccccc1.CC(C)[S+](C(C)C)C(C)C. The van der Waals surface area contributed by atoms with Crippen LogP contribution in [0.3, 0.4) is 0 Å². The Hall–Kier alpha value is -0.510. The van der Waals surface area contributed by atoms with Crippen LogP contribution in [-0.4, -0.2) is 34.7 Å². The number of hydrogen-bond donors (Lipinski definition) is 0. The van der Waals surface area contributed by atoms with Crippen LogP contribution in [0.2, 0.25) is 0 Å². The molecule has 0 spiro atoms. The maximum absolute atomic E-state index is 2.37. The van der Waals surface area contributed by atoms with Gasteiger partial charge in [0, 0.05) is 10.9 Å². The lowest BCUT2D eigenvalue weighted by molar-refractivity contribution is 0.660. The molecule has 0 N–H and O–H groups in total. The number of hydrogen-bond acceptors (Lipinski definition) is 0. The molecule has 0 nitrogen and oxygen atoms in total. The molecule has 0 aliphatic rings. The monoisotopic (exact) mass is 607 g/mol. The van der Waals surface area contributed by atoms with Gasteiger partial charge in [-0.2, -0.15) is 0 Å². The Morgan fingerprint density at radius 1 is 0.400 bits per heavy atom. The summed E-state index contributed by atoms with van der Waals surface area (Å²) in [6.07, 6.45) is 0. The second kappa shape index (κ2) is 16.4. The summed E-state index contributed by atoms with van der Waals surface area (Å²) in [4.78, 5) is 2.84. The molecule has 0 aliphatic heterocycles. The average Bonchev–Trinajstić information content (AvgIpc) is 2.71. The van der Waals surface area contributed by atoms with Crippen molar-refractivity contribution in [2.45, 2.75) is 169 Å². The first-order chi connectivity index (χ1) is 17.9. The molecule has 2 rings (SSSR count). The van der Waals surface area contributed by atoms with E-state index < -0.39 is 0 Å². The molecule has 0 unspecified atom stereocenters. The summed E-state index contributed by atoms with van der Waals surface area (Å²) in [6.45, 7) is 42.3. The molecular weight excluding hydrogens is 541 g/mol. The van der Waals surface area contributed by atoms with E-state index in [1.54, 1.807) is 0 Å². The standard InChI is InChI=1S/C16H19S.C12H27S.C9H21S/c1-16(2,3)17(14-10-6-4-7-11-14)15-12-8-5-9-13-15;1-10(2,3)13(11(4,5)6)12(7,8)9;1-7(2)10(8(3)4)9(5)6/h4-13H,1-3H3;1-9H3;7-9H,1-6H3/q3*+1. The predicted octanol–water partition coefficient (Wildman–Crippen LogP) is 11.4. The Balaban J connectivity index is 0.000000596. The summed E-state index contributed by atoms with van der Waals surface area (Å²) in [5.41, 5.74) is 0. The third-order valence-electron chi connectivity index (χ3n) is 6.04. The normalized spacial score (nSPS) is 13.1. The van der Waals surface area contributed by atoms with Crippen LogP contribution in [0.25, 0.3) is 0 Å². The van der Waals surface area contributed by atoms with Crippen LogP contribution in [-0.2, 0) is 32.7 Å². The van der Waals surface area contributed by atoms with Gasteiger partial charge in [0.1, 0.15) is 34.7 Å². The van der Waals surface area contributed by atoms with Gasteiger partial charge in [0.25, 0.3) is 0 Å². The van der Waals surface area contributed by atoms with Crippen LogP contribution in [0.1, 0.15) is 125 Å². The molecule has 0 saturated carbocycles. The molecule has 0 radical (unpaired) electrons. The summed E-state index contributed by atoms with van der Waals surface area (Å²) in [6, 6.07) is 21.6. The minimum absolute atomic E-state index is 0.131. The topological polar surface area (TPSA) is 0 Å². The fourth-order valence-electron chi connectivity index (χ4n) is 6.35. The van der Waals surface area contributed by atoms with Gasteiger partial charge < -0.3 is 0 Å². The molecule has 0 heterocycles. The van der Waals surface area contributed by atoms with Gasteiger partial charge in [-0.05, 0) is 160 Å². The van der Waals surface area contributed by atoms with Crippen molar-refractivity contribution >= 4 is 32.7 Å². The van der Waals surface area contributed by atoms with E-state index in [1.165, 1.54) is 9.79 Å². The highest BCUT2D eigenvalue weighted by Gasteiger charge is 2.52. The molecule has 0 aliphatic carbocycles. The summed E-state index contributed by atoms with van der Waals surface area (Å²) in [5, 5.41) is 2.58. The maximum Gasteiger partial charge on any atom is 0.161 e. The van der Waals surface area contributed by atoms with Gasteiger partial charge in [-0.25, -0.2) is 0 Å². The Kier molecular flexibility index (Phi) is 16.2. The molecule has 0 aromatic heterocycles. The van der Waals surface area contributed by atoms with E-state index in [1.807, 2.05) is 0 Å². The third kappa shape index (κ3) is 14.1. The summed E-state index contributed by atoms with van der Waals surface area (Å²) >= 11 is 0. The largest absolute Gasteiger partial charge is 0.161 e.